The average Bonchev–Trinajstić information content (AvgIpc) is 2.73. The van der Waals surface area contributed by atoms with Crippen LogP contribution < -0.4 is 5.73 Å². The van der Waals surface area contributed by atoms with Crippen LogP contribution in [-0.4, -0.2) is 29.9 Å². The summed E-state index contributed by atoms with van der Waals surface area (Å²) in [7, 11) is 0. The molecule has 0 spiro atoms. The average molecular weight is 246 g/mol. The molecule has 3 nitrogen and oxygen atoms in total. The Kier molecular flexibility index (Phi) is 3.71. The number of aryl methyl sites for hydroxylation is 2. The zero-order chi connectivity index (χ0) is 13.3. The number of carbonyl (C=O) groups is 1. The van der Waals surface area contributed by atoms with E-state index in [9.17, 15) is 4.79 Å². The first-order valence-electron chi connectivity index (χ1n) is 6.61. The van der Waals surface area contributed by atoms with E-state index in [1.54, 1.807) is 0 Å². The fourth-order valence-electron chi connectivity index (χ4n) is 2.72. The maximum atomic E-state index is 12.6. The molecule has 1 aromatic rings. The van der Waals surface area contributed by atoms with E-state index in [1.165, 1.54) is 0 Å². The molecule has 2 N–H and O–H groups in total. The zero-order valence-corrected chi connectivity index (χ0v) is 11.4. The summed E-state index contributed by atoms with van der Waals surface area (Å²) in [5.74, 6) is 0.605. The van der Waals surface area contributed by atoms with Crippen molar-refractivity contribution in [3.63, 3.8) is 0 Å². The summed E-state index contributed by atoms with van der Waals surface area (Å²) in [6.07, 6.45) is 1.02. The molecule has 18 heavy (non-hydrogen) atoms. The zero-order valence-electron chi connectivity index (χ0n) is 11.4. The summed E-state index contributed by atoms with van der Waals surface area (Å²) >= 11 is 0. The first-order valence-corrected chi connectivity index (χ1v) is 6.61. The molecule has 0 saturated carbocycles. The second-order valence-corrected chi connectivity index (χ2v) is 5.46. The second-order valence-electron chi connectivity index (χ2n) is 5.46. The fourth-order valence-corrected chi connectivity index (χ4v) is 2.72. The van der Waals surface area contributed by atoms with E-state index in [0.717, 1.165) is 29.7 Å². The van der Waals surface area contributed by atoms with Crippen molar-refractivity contribution in [1.82, 2.24) is 4.90 Å². The highest BCUT2D eigenvalue weighted by atomic mass is 16.2. The molecule has 1 fully saturated rings. The fraction of sp³-hybridized carbons (Fsp3) is 0.533. The highest BCUT2D eigenvalue weighted by molar-refractivity contribution is 5.96. The van der Waals surface area contributed by atoms with Crippen LogP contribution in [0.4, 0.5) is 0 Å². The molecule has 3 heteroatoms. The van der Waals surface area contributed by atoms with E-state index in [1.807, 2.05) is 36.9 Å². The molecule has 1 aliphatic rings. The Morgan fingerprint density at radius 2 is 2.17 bits per heavy atom. The van der Waals surface area contributed by atoms with Crippen molar-refractivity contribution < 1.29 is 4.79 Å². The van der Waals surface area contributed by atoms with Crippen LogP contribution >= 0.6 is 0 Å². The number of benzene rings is 1. The van der Waals surface area contributed by atoms with Crippen LogP contribution in [0.5, 0.6) is 0 Å². The number of rotatable bonds is 2. The van der Waals surface area contributed by atoms with Crippen LogP contribution in [0, 0.1) is 19.8 Å². The third-order valence-corrected chi connectivity index (χ3v) is 3.88. The van der Waals surface area contributed by atoms with E-state index >= 15 is 0 Å². The summed E-state index contributed by atoms with van der Waals surface area (Å²) in [4.78, 5) is 14.5. The number of hydrogen-bond acceptors (Lipinski definition) is 2. The van der Waals surface area contributed by atoms with Gasteiger partial charge in [-0.05, 0) is 51.3 Å². The van der Waals surface area contributed by atoms with Gasteiger partial charge in [-0.2, -0.15) is 0 Å². The largest absolute Gasteiger partial charge is 0.336 e. The van der Waals surface area contributed by atoms with Crippen molar-refractivity contribution in [3.8, 4) is 0 Å². The van der Waals surface area contributed by atoms with Gasteiger partial charge in [-0.3, -0.25) is 4.79 Å². The lowest BCUT2D eigenvalue weighted by molar-refractivity contribution is 0.0742. The molecule has 0 bridgehead atoms. The van der Waals surface area contributed by atoms with Crippen LogP contribution in [0.25, 0.3) is 0 Å². The third kappa shape index (κ3) is 2.41. The Labute approximate surface area is 109 Å². The van der Waals surface area contributed by atoms with Gasteiger partial charge < -0.3 is 10.6 Å². The Morgan fingerprint density at radius 3 is 2.78 bits per heavy atom. The molecule has 0 aromatic heterocycles. The highest BCUT2D eigenvalue weighted by Gasteiger charge is 2.32. The predicted molar refractivity (Wildman–Crippen MR) is 73.6 cm³/mol. The van der Waals surface area contributed by atoms with Crippen molar-refractivity contribution in [2.75, 3.05) is 13.1 Å². The van der Waals surface area contributed by atoms with Gasteiger partial charge in [-0.25, -0.2) is 0 Å². The van der Waals surface area contributed by atoms with Gasteiger partial charge in [0.25, 0.3) is 5.91 Å². The second kappa shape index (κ2) is 5.11. The summed E-state index contributed by atoms with van der Waals surface area (Å²) in [6.45, 7) is 7.59. The molecule has 1 amide bonds. The number of amides is 1. The number of nitrogens with two attached hydrogens (primary N) is 1. The summed E-state index contributed by atoms with van der Waals surface area (Å²) in [5, 5.41) is 0. The maximum absolute atomic E-state index is 12.6. The van der Waals surface area contributed by atoms with E-state index in [4.69, 9.17) is 5.73 Å². The lowest BCUT2D eigenvalue weighted by Gasteiger charge is -2.22. The van der Waals surface area contributed by atoms with Crippen molar-refractivity contribution in [2.24, 2.45) is 11.7 Å². The van der Waals surface area contributed by atoms with Crippen molar-refractivity contribution in [3.05, 3.63) is 34.9 Å². The first kappa shape index (κ1) is 13.1. The first-order chi connectivity index (χ1) is 8.52. The monoisotopic (exact) mass is 246 g/mol. The molecule has 0 radical (unpaired) electrons. The predicted octanol–water partition coefficient (Wildman–Crippen LogP) is 2.11. The topological polar surface area (TPSA) is 46.3 Å². The van der Waals surface area contributed by atoms with Crippen LogP contribution in [-0.2, 0) is 0 Å². The standard InChI is InChI=1S/C15H22N2O/c1-10-4-5-11(2)14(6-10)15(18)17-9-13(8-16)7-12(17)3/h4-6,12-13H,7-9,16H2,1-3H3. The molecule has 2 unspecified atom stereocenters. The van der Waals surface area contributed by atoms with Crippen LogP contribution in [0.15, 0.2) is 18.2 Å². The molecule has 0 aliphatic carbocycles. The minimum atomic E-state index is 0.152. The number of nitrogens with zero attached hydrogens (tertiary/aromatic N) is 1. The van der Waals surface area contributed by atoms with Gasteiger partial charge in [-0.1, -0.05) is 17.7 Å². The lowest BCUT2D eigenvalue weighted by atomic mass is 10.0. The van der Waals surface area contributed by atoms with Gasteiger partial charge in [0.05, 0.1) is 0 Å². The summed E-state index contributed by atoms with van der Waals surface area (Å²) in [5.41, 5.74) is 8.73. The number of likely N-dealkylation sites (tertiary alicyclic amines) is 1. The van der Waals surface area contributed by atoms with Crippen molar-refractivity contribution >= 4 is 5.91 Å². The molecular formula is C15H22N2O. The Bertz CT molecular complexity index is 456. The SMILES string of the molecule is Cc1ccc(C)c(C(=O)N2CC(CN)CC2C)c1. The van der Waals surface area contributed by atoms with Gasteiger partial charge in [0.2, 0.25) is 0 Å². The van der Waals surface area contributed by atoms with Gasteiger partial charge in [-0.15, -0.1) is 0 Å². The Hall–Kier alpha value is -1.35. The quantitative estimate of drug-likeness (QED) is 0.868. The lowest BCUT2D eigenvalue weighted by Crippen LogP contribution is -2.34. The molecule has 1 heterocycles. The van der Waals surface area contributed by atoms with Crippen LogP contribution in [0.2, 0.25) is 0 Å². The Balaban J connectivity index is 2.24. The van der Waals surface area contributed by atoms with Gasteiger partial charge in [0.15, 0.2) is 0 Å². The molecular weight excluding hydrogens is 224 g/mol. The van der Waals surface area contributed by atoms with Crippen molar-refractivity contribution in [2.45, 2.75) is 33.2 Å². The molecule has 1 saturated heterocycles. The highest BCUT2D eigenvalue weighted by Crippen LogP contribution is 2.25. The Morgan fingerprint density at radius 1 is 1.44 bits per heavy atom. The summed E-state index contributed by atoms with van der Waals surface area (Å²) in [6, 6.07) is 6.34. The maximum Gasteiger partial charge on any atom is 0.254 e. The minimum Gasteiger partial charge on any atom is -0.336 e. The van der Waals surface area contributed by atoms with E-state index in [2.05, 4.69) is 6.92 Å². The molecule has 1 aromatic carbocycles. The molecule has 1 aliphatic heterocycles. The molecule has 98 valence electrons. The molecule has 2 rings (SSSR count). The summed E-state index contributed by atoms with van der Waals surface area (Å²) < 4.78 is 0. The van der Waals surface area contributed by atoms with E-state index < -0.39 is 0 Å². The normalized spacial score (nSPS) is 23.4. The number of carbonyl (C=O) groups excluding carboxylic acids is 1. The number of hydrogen-bond donors (Lipinski definition) is 1. The molecule has 2 atom stereocenters. The minimum absolute atomic E-state index is 0.152. The third-order valence-electron chi connectivity index (χ3n) is 3.88. The van der Waals surface area contributed by atoms with Gasteiger partial charge in [0, 0.05) is 18.2 Å². The van der Waals surface area contributed by atoms with Crippen LogP contribution in [0.3, 0.4) is 0 Å². The van der Waals surface area contributed by atoms with E-state index in [0.29, 0.717) is 18.5 Å². The van der Waals surface area contributed by atoms with E-state index in [-0.39, 0.29) is 5.91 Å². The smallest absolute Gasteiger partial charge is 0.254 e. The van der Waals surface area contributed by atoms with Gasteiger partial charge >= 0.3 is 0 Å². The van der Waals surface area contributed by atoms with Gasteiger partial charge in [0.1, 0.15) is 0 Å². The van der Waals surface area contributed by atoms with Crippen molar-refractivity contribution in [1.29, 1.82) is 0 Å². The van der Waals surface area contributed by atoms with Crippen LogP contribution in [0.1, 0.15) is 34.8 Å².